The van der Waals surface area contributed by atoms with Gasteiger partial charge in [0.15, 0.2) is 0 Å². The molecule has 0 spiro atoms. The third-order valence-electron chi connectivity index (χ3n) is 4.70. The Labute approximate surface area is 129 Å². The molecule has 0 amide bonds. The maximum absolute atomic E-state index is 10.6. The Bertz CT molecular complexity index is 409. The summed E-state index contributed by atoms with van der Waals surface area (Å²) in [5, 5.41) is 10.6. The largest absolute Gasteiger partial charge is 0.388 e. The molecule has 0 radical (unpaired) electrons. The van der Waals surface area contributed by atoms with Crippen molar-refractivity contribution in [2.75, 3.05) is 33.2 Å². The second-order valence-electron chi connectivity index (χ2n) is 6.51. The maximum Gasteiger partial charge on any atom is 0.0827 e. The van der Waals surface area contributed by atoms with Gasteiger partial charge in [-0.1, -0.05) is 44.2 Å². The van der Waals surface area contributed by atoms with Gasteiger partial charge in [-0.3, -0.25) is 4.90 Å². The van der Waals surface area contributed by atoms with E-state index in [1.165, 1.54) is 19.4 Å². The molecule has 1 aliphatic rings. The van der Waals surface area contributed by atoms with Crippen molar-refractivity contribution in [2.45, 2.75) is 38.8 Å². The molecule has 0 aromatic heterocycles. The average molecular weight is 290 g/mol. The number of nitrogens with zero attached hydrogens (tertiary/aromatic N) is 2. The van der Waals surface area contributed by atoms with E-state index in [4.69, 9.17) is 0 Å². The quantitative estimate of drug-likeness (QED) is 0.903. The first-order valence-electron chi connectivity index (χ1n) is 8.27. The number of hydrogen-bond donors (Lipinski definition) is 1. The summed E-state index contributed by atoms with van der Waals surface area (Å²) >= 11 is 0. The van der Waals surface area contributed by atoms with E-state index in [1.54, 1.807) is 0 Å². The van der Waals surface area contributed by atoms with E-state index >= 15 is 0 Å². The standard InChI is InChI=1S/C18H30N2O/c1-4-17-14-19(3)11-8-12-20(17)13-15(2)18(21)16-9-6-5-7-10-16/h5-7,9-10,15,17-18,21H,4,8,11-14H2,1-3H3. The average Bonchev–Trinajstić information content (AvgIpc) is 2.68. The predicted molar refractivity (Wildman–Crippen MR) is 88.3 cm³/mol. The van der Waals surface area contributed by atoms with E-state index in [2.05, 4.69) is 30.7 Å². The Morgan fingerprint density at radius 3 is 2.62 bits per heavy atom. The minimum atomic E-state index is -0.371. The van der Waals surface area contributed by atoms with E-state index in [0.29, 0.717) is 6.04 Å². The van der Waals surface area contributed by atoms with Crippen LogP contribution in [0.5, 0.6) is 0 Å². The Balaban J connectivity index is 1.98. The molecule has 0 saturated carbocycles. The van der Waals surface area contributed by atoms with E-state index in [9.17, 15) is 5.11 Å². The van der Waals surface area contributed by atoms with Gasteiger partial charge in [-0.25, -0.2) is 0 Å². The fraction of sp³-hybridized carbons (Fsp3) is 0.667. The normalized spacial score (nSPS) is 24.5. The Kier molecular flexibility index (Phi) is 6.22. The molecule has 3 nitrogen and oxygen atoms in total. The zero-order chi connectivity index (χ0) is 15.2. The molecule has 3 heteroatoms. The molecule has 21 heavy (non-hydrogen) atoms. The van der Waals surface area contributed by atoms with Gasteiger partial charge in [0, 0.05) is 19.1 Å². The summed E-state index contributed by atoms with van der Waals surface area (Å²) in [5.74, 6) is 0.254. The van der Waals surface area contributed by atoms with Crippen molar-refractivity contribution in [1.82, 2.24) is 9.80 Å². The molecule has 0 bridgehead atoms. The Hall–Kier alpha value is -0.900. The van der Waals surface area contributed by atoms with Crippen molar-refractivity contribution in [1.29, 1.82) is 0 Å². The van der Waals surface area contributed by atoms with Gasteiger partial charge in [-0.05, 0) is 44.5 Å². The van der Waals surface area contributed by atoms with Crippen molar-refractivity contribution in [3.8, 4) is 0 Å². The lowest BCUT2D eigenvalue weighted by molar-refractivity contribution is 0.0724. The number of likely N-dealkylation sites (N-methyl/N-ethyl adjacent to an activating group) is 1. The van der Waals surface area contributed by atoms with E-state index in [-0.39, 0.29) is 12.0 Å². The van der Waals surface area contributed by atoms with Gasteiger partial charge in [0.05, 0.1) is 6.10 Å². The topological polar surface area (TPSA) is 26.7 Å². The van der Waals surface area contributed by atoms with Gasteiger partial charge >= 0.3 is 0 Å². The van der Waals surface area contributed by atoms with Gasteiger partial charge in [-0.15, -0.1) is 0 Å². The molecule has 3 atom stereocenters. The van der Waals surface area contributed by atoms with Gasteiger partial charge in [0.2, 0.25) is 0 Å². The summed E-state index contributed by atoms with van der Waals surface area (Å²) in [4.78, 5) is 5.02. The van der Waals surface area contributed by atoms with Gasteiger partial charge < -0.3 is 10.0 Å². The van der Waals surface area contributed by atoms with Crippen LogP contribution < -0.4 is 0 Å². The zero-order valence-electron chi connectivity index (χ0n) is 13.7. The molecule has 1 N–H and O–H groups in total. The number of benzene rings is 1. The van der Waals surface area contributed by atoms with Crippen LogP contribution >= 0.6 is 0 Å². The lowest BCUT2D eigenvalue weighted by Gasteiger charge is -2.33. The first-order valence-corrected chi connectivity index (χ1v) is 8.27. The van der Waals surface area contributed by atoms with Crippen molar-refractivity contribution < 1.29 is 5.11 Å². The summed E-state index contributed by atoms with van der Waals surface area (Å²) < 4.78 is 0. The molecule has 3 unspecified atom stereocenters. The van der Waals surface area contributed by atoms with Crippen molar-refractivity contribution in [2.24, 2.45) is 5.92 Å². The molecule has 2 rings (SSSR count). The lowest BCUT2D eigenvalue weighted by Crippen LogP contribution is -2.42. The predicted octanol–water partition coefficient (Wildman–Crippen LogP) is 2.77. The number of aliphatic hydroxyl groups excluding tert-OH is 1. The molecule has 118 valence electrons. The second-order valence-corrected chi connectivity index (χ2v) is 6.51. The molecule has 0 aliphatic carbocycles. The first kappa shape index (κ1) is 16.5. The smallest absolute Gasteiger partial charge is 0.0827 e. The van der Waals surface area contributed by atoms with E-state index in [1.807, 2.05) is 30.3 Å². The molecule has 1 aromatic rings. The van der Waals surface area contributed by atoms with Crippen LogP contribution in [0.4, 0.5) is 0 Å². The summed E-state index contributed by atoms with van der Waals surface area (Å²) in [6.07, 6.45) is 2.03. The highest BCUT2D eigenvalue weighted by Crippen LogP contribution is 2.24. The fourth-order valence-electron chi connectivity index (χ4n) is 3.37. The highest BCUT2D eigenvalue weighted by molar-refractivity contribution is 5.17. The van der Waals surface area contributed by atoms with Gasteiger partial charge in [-0.2, -0.15) is 0 Å². The van der Waals surface area contributed by atoms with Crippen LogP contribution in [0.1, 0.15) is 38.4 Å². The lowest BCUT2D eigenvalue weighted by atomic mass is 9.96. The maximum atomic E-state index is 10.6. The van der Waals surface area contributed by atoms with Crippen LogP contribution in [0.2, 0.25) is 0 Å². The van der Waals surface area contributed by atoms with Gasteiger partial charge in [0.1, 0.15) is 0 Å². The van der Waals surface area contributed by atoms with Crippen LogP contribution in [0, 0.1) is 5.92 Å². The highest BCUT2D eigenvalue weighted by atomic mass is 16.3. The van der Waals surface area contributed by atoms with Crippen LogP contribution in [0.25, 0.3) is 0 Å². The number of hydrogen-bond acceptors (Lipinski definition) is 3. The van der Waals surface area contributed by atoms with Crippen LogP contribution in [0.15, 0.2) is 30.3 Å². The summed E-state index contributed by atoms with van der Waals surface area (Å²) in [6, 6.07) is 10.7. The van der Waals surface area contributed by atoms with Crippen molar-refractivity contribution in [3.05, 3.63) is 35.9 Å². The Morgan fingerprint density at radius 1 is 1.24 bits per heavy atom. The summed E-state index contributed by atoms with van der Waals surface area (Å²) in [6.45, 7) is 8.89. The van der Waals surface area contributed by atoms with Crippen LogP contribution in [-0.2, 0) is 0 Å². The van der Waals surface area contributed by atoms with E-state index < -0.39 is 0 Å². The molecule has 1 heterocycles. The molecular formula is C18H30N2O. The summed E-state index contributed by atoms with van der Waals surface area (Å²) in [5.41, 5.74) is 1.03. The van der Waals surface area contributed by atoms with Crippen LogP contribution in [0.3, 0.4) is 0 Å². The molecule has 1 aliphatic heterocycles. The summed E-state index contributed by atoms with van der Waals surface area (Å²) in [7, 11) is 2.22. The fourth-order valence-corrected chi connectivity index (χ4v) is 3.37. The highest BCUT2D eigenvalue weighted by Gasteiger charge is 2.26. The zero-order valence-corrected chi connectivity index (χ0v) is 13.7. The minimum absolute atomic E-state index is 0.254. The third kappa shape index (κ3) is 4.53. The molecule has 1 saturated heterocycles. The number of rotatable bonds is 5. The van der Waals surface area contributed by atoms with Gasteiger partial charge in [0.25, 0.3) is 0 Å². The Morgan fingerprint density at radius 2 is 1.95 bits per heavy atom. The van der Waals surface area contributed by atoms with Crippen molar-refractivity contribution in [3.63, 3.8) is 0 Å². The second kappa shape index (κ2) is 7.92. The molecule has 1 fully saturated rings. The SMILES string of the molecule is CCC1CN(C)CCCN1CC(C)C(O)c1ccccc1. The van der Waals surface area contributed by atoms with Crippen LogP contribution in [-0.4, -0.2) is 54.2 Å². The number of aliphatic hydroxyl groups is 1. The molecule has 1 aromatic carbocycles. The first-order chi connectivity index (χ1) is 10.1. The molecular weight excluding hydrogens is 260 g/mol. The van der Waals surface area contributed by atoms with Crippen molar-refractivity contribution >= 4 is 0 Å². The van der Waals surface area contributed by atoms with E-state index in [0.717, 1.165) is 25.2 Å². The minimum Gasteiger partial charge on any atom is -0.388 e. The third-order valence-corrected chi connectivity index (χ3v) is 4.70. The monoisotopic (exact) mass is 290 g/mol.